The summed E-state index contributed by atoms with van der Waals surface area (Å²) < 4.78 is 0. The van der Waals surface area contributed by atoms with E-state index in [1.807, 2.05) is 12.1 Å². The van der Waals surface area contributed by atoms with Crippen LogP contribution in [-0.4, -0.2) is 23.2 Å². The first-order chi connectivity index (χ1) is 9.80. The molecule has 4 N–H and O–H groups in total. The van der Waals surface area contributed by atoms with Gasteiger partial charge in [-0.15, -0.1) is 0 Å². The van der Waals surface area contributed by atoms with E-state index in [-0.39, 0.29) is 0 Å². The Morgan fingerprint density at radius 1 is 1.19 bits per heavy atom. The largest absolute Gasteiger partial charge is 0.389 e. The Balaban J connectivity index is 1.80. The van der Waals surface area contributed by atoms with Gasteiger partial charge in [0.25, 0.3) is 0 Å². The average Bonchev–Trinajstić information content (AvgIpc) is 2.43. The number of rotatable bonds is 5. The van der Waals surface area contributed by atoms with Gasteiger partial charge in [0.2, 0.25) is 5.91 Å². The molecule has 4 nitrogen and oxygen atoms in total. The van der Waals surface area contributed by atoms with Gasteiger partial charge in [-0.2, -0.15) is 0 Å². The number of primary amides is 1. The van der Waals surface area contributed by atoms with Crippen molar-refractivity contribution in [1.82, 2.24) is 5.32 Å². The standard InChI is InChI=1S/C17H26N2O2/c1-16(2)7-9-17(21,10-8-16)12-19-11-13-3-5-14(6-4-13)15(18)20/h3-6,19,21H,7-12H2,1-2H3,(H2,18,20). The van der Waals surface area contributed by atoms with Crippen LogP contribution in [0.4, 0.5) is 0 Å². The summed E-state index contributed by atoms with van der Waals surface area (Å²) in [6.45, 7) is 5.83. The minimum Gasteiger partial charge on any atom is -0.389 e. The van der Waals surface area contributed by atoms with Crippen LogP contribution in [0.3, 0.4) is 0 Å². The van der Waals surface area contributed by atoms with Gasteiger partial charge in [-0.25, -0.2) is 0 Å². The number of hydrogen-bond donors (Lipinski definition) is 3. The Kier molecular flexibility index (Phi) is 4.69. The molecule has 116 valence electrons. The fourth-order valence-electron chi connectivity index (χ4n) is 2.80. The Morgan fingerprint density at radius 3 is 2.29 bits per heavy atom. The van der Waals surface area contributed by atoms with Gasteiger partial charge in [-0.3, -0.25) is 4.79 Å². The van der Waals surface area contributed by atoms with Crippen molar-refractivity contribution in [3.8, 4) is 0 Å². The molecule has 0 bridgehead atoms. The minimum atomic E-state index is -0.581. The number of benzene rings is 1. The molecule has 0 heterocycles. The monoisotopic (exact) mass is 290 g/mol. The molecule has 0 radical (unpaired) electrons. The normalized spacial score (nSPS) is 20.1. The third-order valence-electron chi connectivity index (χ3n) is 4.56. The summed E-state index contributed by atoms with van der Waals surface area (Å²) >= 11 is 0. The lowest BCUT2D eigenvalue weighted by Gasteiger charge is -2.40. The molecule has 1 aromatic carbocycles. The highest BCUT2D eigenvalue weighted by Crippen LogP contribution is 2.39. The molecule has 1 amide bonds. The van der Waals surface area contributed by atoms with Crippen LogP contribution in [0, 0.1) is 5.41 Å². The van der Waals surface area contributed by atoms with E-state index < -0.39 is 11.5 Å². The van der Waals surface area contributed by atoms with Gasteiger partial charge in [0.05, 0.1) is 5.60 Å². The van der Waals surface area contributed by atoms with Gasteiger partial charge in [0.1, 0.15) is 0 Å². The molecule has 1 aliphatic rings. The molecular weight excluding hydrogens is 264 g/mol. The van der Waals surface area contributed by atoms with Crippen LogP contribution in [0.1, 0.15) is 55.5 Å². The molecule has 1 aliphatic carbocycles. The van der Waals surface area contributed by atoms with E-state index in [0.29, 0.717) is 24.1 Å². The minimum absolute atomic E-state index is 0.358. The number of carbonyl (C=O) groups excluding carboxylic acids is 1. The molecule has 1 saturated carbocycles. The van der Waals surface area contributed by atoms with Crippen LogP contribution in [0.15, 0.2) is 24.3 Å². The molecule has 0 aromatic heterocycles. The first kappa shape index (κ1) is 16.0. The second kappa shape index (κ2) is 6.16. The quantitative estimate of drug-likeness (QED) is 0.778. The summed E-state index contributed by atoms with van der Waals surface area (Å²) in [4.78, 5) is 11.0. The van der Waals surface area contributed by atoms with Crippen molar-refractivity contribution < 1.29 is 9.90 Å². The van der Waals surface area contributed by atoms with Crippen molar-refractivity contribution >= 4 is 5.91 Å². The van der Waals surface area contributed by atoms with Crippen LogP contribution >= 0.6 is 0 Å². The zero-order valence-corrected chi connectivity index (χ0v) is 13.0. The zero-order valence-electron chi connectivity index (χ0n) is 13.0. The van der Waals surface area contributed by atoms with Crippen molar-refractivity contribution in [2.45, 2.75) is 51.7 Å². The van der Waals surface area contributed by atoms with E-state index in [1.54, 1.807) is 12.1 Å². The van der Waals surface area contributed by atoms with Gasteiger partial charge >= 0.3 is 0 Å². The predicted molar refractivity (Wildman–Crippen MR) is 83.9 cm³/mol. The molecule has 0 saturated heterocycles. The van der Waals surface area contributed by atoms with Gasteiger partial charge in [0.15, 0.2) is 0 Å². The van der Waals surface area contributed by atoms with E-state index in [9.17, 15) is 9.90 Å². The lowest BCUT2D eigenvalue weighted by Crippen LogP contribution is -2.44. The Bertz CT molecular complexity index is 484. The number of nitrogens with one attached hydrogen (secondary N) is 1. The van der Waals surface area contributed by atoms with Crippen LogP contribution in [0.25, 0.3) is 0 Å². The van der Waals surface area contributed by atoms with Crippen molar-refractivity contribution in [3.63, 3.8) is 0 Å². The van der Waals surface area contributed by atoms with Gasteiger partial charge in [-0.05, 0) is 48.8 Å². The van der Waals surface area contributed by atoms with Crippen molar-refractivity contribution in [2.75, 3.05) is 6.54 Å². The molecule has 4 heteroatoms. The molecule has 2 rings (SSSR count). The van der Waals surface area contributed by atoms with E-state index in [4.69, 9.17) is 5.73 Å². The Labute approximate surface area is 126 Å². The van der Waals surface area contributed by atoms with Crippen LogP contribution in [-0.2, 0) is 6.54 Å². The molecule has 0 atom stereocenters. The van der Waals surface area contributed by atoms with E-state index in [0.717, 1.165) is 31.2 Å². The number of hydrogen-bond acceptors (Lipinski definition) is 3. The maximum Gasteiger partial charge on any atom is 0.248 e. The van der Waals surface area contributed by atoms with Gasteiger partial charge in [-0.1, -0.05) is 26.0 Å². The summed E-state index contributed by atoms with van der Waals surface area (Å²) in [5.41, 5.74) is 6.59. The molecule has 1 aromatic rings. The van der Waals surface area contributed by atoms with Crippen molar-refractivity contribution in [3.05, 3.63) is 35.4 Å². The summed E-state index contributed by atoms with van der Waals surface area (Å²) in [7, 11) is 0. The third kappa shape index (κ3) is 4.55. The lowest BCUT2D eigenvalue weighted by molar-refractivity contribution is -0.0245. The predicted octanol–water partition coefficient (Wildman–Crippen LogP) is 2.21. The van der Waals surface area contributed by atoms with E-state index in [1.165, 1.54) is 0 Å². The topological polar surface area (TPSA) is 75.3 Å². The van der Waals surface area contributed by atoms with E-state index >= 15 is 0 Å². The van der Waals surface area contributed by atoms with Crippen LogP contribution in [0.5, 0.6) is 0 Å². The molecule has 0 aliphatic heterocycles. The highest BCUT2D eigenvalue weighted by molar-refractivity contribution is 5.92. The Morgan fingerprint density at radius 2 is 1.76 bits per heavy atom. The summed E-state index contributed by atoms with van der Waals surface area (Å²) in [5, 5.41) is 13.9. The first-order valence-corrected chi connectivity index (χ1v) is 7.62. The number of carbonyl (C=O) groups is 1. The summed E-state index contributed by atoms with van der Waals surface area (Å²) in [6, 6.07) is 7.25. The van der Waals surface area contributed by atoms with E-state index in [2.05, 4.69) is 19.2 Å². The molecular formula is C17H26N2O2. The van der Waals surface area contributed by atoms with Crippen LogP contribution in [0.2, 0.25) is 0 Å². The zero-order chi connectivity index (χ0) is 15.5. The fraction of sp³-hybridized carbons (Fsp3) is 0.588. The number of amides is 1. The molecule has 0 unspecified atom stereocenters. The van der Waals surface area contributed by atoms with Gasteiger partial charge in [0, 0.05) is 18.7 Å². The highest BCUT2D eigenvalue weighted by Gasteiger charge is 2.36. The summed E-state index contributed by atoms with van der Waals surface area (Å²) in [5.74, 6) is -0.409. The first-order valence-electron chi connectivity index (χ1n) is 7.62. The second-order valence-electron chi connectivity index (χ2n) is 7.05. The van der Waals surface area contributed by atoms with Gasteiger partial charge < -0.3 is 16.2 Å². The fourth-order valence-corrected chi connectivity index (χ4v) is 2.80. The van der Waals surface area contributed by atoms with Crippen LogP contribution < -0.4 is 11.1 Å². The lowest BCUT2D eigenvalue weighted by atomic mass is 9.71. The third-order valence-corrected chi connectivity index (χ3v) is 4.56. The highest BCUT2D eigenvalue weighted by atomic mass is 16.3. The Hall–Kier alpha value is -1.39. The summed E-state index contributed by atoms with van der Waals surface area (Å²) in [6.07, 6.45) is 3.85. The molecule has 0 spiro atoms. The average molecular weight is 290 g/mol. The SMILES string of the molecule is CC1(C)CCC(O)(CNCc2ccc(C(N)=O)cc2)CC1. The number of nitrogens with two attached hydrogens (primary N) is 1. The maximum absolute atomic E-state index is 11.0. The smallest absolute Gasteiger partial charge is 0.248 e. The number of aliphatic hydroxyl groups is 1. The molecule has 21 heavy (non-hydrogen) atoms. The second-order valence-corrected chi connectivity index (χ2v) is 7.05. The molecule has 1 fully saturated rings. The van der Waals surface area contributed by atoms with Crippen molar-refractivity contribution in [2.24, 2.45) is 11.1 Å². The van der Waals surface area contributed by atoms with Crippen molar-refractivity contribution in [1.29, 1.82) is 0 Å². The maximum atomic E-state index is 11.0.